The van der Waals surface area contributed by atoms with Crippen LogP contribution in [0.15, 0.2) is 0 Å². The first-order chi connectivity index (χ1) is 9.96. The lowest BCUT2D eigenvalue weighted by molar-refractivity contribution is 0.0226. The van der Waals surface area contributed by atoms with Gasteiger partial charge in [-0.25, -0.2) is 9.59 Å². The first-order valence-corrected chi connectivity index (χ1v) is 7.94. The van der Waals surface area contributed by atoms with E-state index in [9.17, 15) is 9.59 Å². The van der Waals surface area contributed by atoms with Gasteiger partial charge in [-0.15, -0.1) is 0 Å². The number of likely N-dealkylation sites (tertiary alicyclic amines) is 1. The van der Waals surface area contributed by atoms with E-state index in [0.717, 1.165) is 19.3 Å². The third-order valence-electron chi connectivity index (χ3n) is 3.04. The Morgan fingerprint density at radius 2 is 1.59 bits per heavy atom. The molecule has 128 valence electrons. The summed E-state index contributed by atoms with van der Waals surface area (Å²) in [4.78, 5) is 25.7. The molecule has 1 atom stereocenters. The van der Waals surface area contributed by atoms with Crippen molar-refractivity contribution >= 4 is 12.2 Å². The van der Waals surface area contributed by atoms with Gasteiger partial charge in [0.15, 0.2) is 0 Å². The van der Waals surface area contributed by atoms with Gasteiger partial charge in [0.25, 0.3) is 0 Å². The highest BCUT2D eigenvalue weighted by atomic mass is 16.6. The van der Waals surface area contributed by atoms with Gasteiger partial charge in [0.2, 0.25) is 0 Å². The van der Waals surface area contributed by atoms with Gasteiger partial charge in [0, 0.05) is 19.1 Å². The summed E-state index contributed by atoms with van der Waals surface area (Å²) in [6, 6.07) is -0.107. The highest BCUT2D eigenvalue weighted by Gasteiger charge is 2.28. The van der Waals surface area contributed by atoms with Gasteiger partial charge < -0.3 is 19.7 Å². The van der Waals surface area contributed by atoms with Crippen molar-refractivity contribution in [3.8, 4) is 0 Å². The predicted octanol–water partition coefficient (Wildman–Crippen LogP) is 3.30. The maximum absolute atomic E-state index is 12.2. The SMILES string of the molecule is CC(C)(C)OC(=O)N[C@@H]1CCCCN(C(=O)OC(C)(C)C)C1. The van der Waals surface area contributed by atoms with E-state index in [0.29, 0.717) is 13.1 Å². The first kappa shape index (κ1) is 18.6. The number of nitrogens with one attached hydrogen (secondary N) is 1. The normalized spacial score (nSPS) is 20.1. The number of ether oxygens (including phenoxy) is 2. The third kappa shape index (κ3) is 7.52. The monoisotopic (exact) mass is 314 g/mol. The average Bonchev–Trinajstić information content (AvgIpc) is 2.49. The second-order valence-corrected chi connectivity index (χ2v) is 7.77. The molecule has 6 nitrogen and oxygen atoms in total. The maximum Gasteiger partial charge on any atom is 0.410 e. The zero-order valence-electron chi connectivity index (χ0n) is 14.7. The lowest BCUT2D eigenvalue weighted by Gasteiger charge is -2.29. The van der Waals surface area contributed by atoms with Crippen LogP contribution in [0.1, 0.15) is 60.8 Å². The van der Waals surface area contributed by atoms with Crippen molar-refractivity contribution in [2.45, 2.75) is 78.0 Å². The Bertz CT molecular complexity index is 396. The standard InChI is InChI=1S/C16H30N2O4/c1-15(2,3)21-13(19)17-12-9-7-8-10-18(11-12)14(20)22-16(4,5)6/h12H,7-11H2,1-6H3,(H,17,19)/t12-/m1/s1. The number of carbonyl (C=O) groups is 2. The van der Waals surface area contributed by atoms with Gasteiger partial charge in [0.1, 0.15) is 11.2 Å². The van der Waals surface area contributed by atoms with Crippen LogP contribution in [0.5, 0.6) is 0 Å². The van der Waals surface area contributed by atoms with Crippen LogP contribution in [0.25, 0.3) is 0 Å². The molecular formula is C16H30N2O4. The van der Waals surface area contributed by atoms with Crippen molar-refractivity contribution in [1.82, 2.24) is 10.2 Å². The van der Waals surface area contributed by atoms with Crippen LogP contribution in [0.4, 0.5) is 9.59 Å². The second kappa shape index (κ2) is 7.20. The summed E-state index contributed by atoms with van der Waals surface area (Å²) < 4.78 is 10.7. The maximum atomic E-state index is 12.2. The summed E-state index contributed by atoms with van der Waals surface area (Å²) in [5.74, 6) is 0. The molecule has 0 spiro atoms. The van der Waals surface area contributed by atoms with Gasteiger partial charge in [-0.05, 0) is 60.8 Å². The zero-order chi connectivity index (χ0) is 17.0. The molecule has 1 heterocycles. The van der Waals surface area contributed by atoms with Crippen molar-refractivity contribution in [3.63, 3.8) is 0 Å². The van der Waals surface area contributed by atoms with Crippen LogP contribution in [0.2, 0.25) is 0 Å². The van der Waals surface area contributed by atoms with E-state index in [1.54, 1.807) is 4.90 Å². The van der Waals surface area contributed by atoms with Crippen LogP contribution in [0.3, 0.4) is 0 Å². The lowest BCUT2D eigenvalue weighted by atomic mass is 10.1. The van der Waals surface area contributed by atoms with Crippen LogP contribution in [-0.4, -0.2) is 47.4 Å². The van der Waals surface area contributed by atoms with E-state index >= 15 is 0 Å². The summed E-state index contributed by atoms with van der Waals surface area (Å²) >= 11 is 0. The Morgan fingerprint density at radius 1 is 1.00 bits per heavy atom. The van der Waals surface area contributed by atoms with E-state index in [1.807, 2.05) is 41.5 Å². The van der Waals surface area contributed by atoms with E-state index in [1.165, 1.54) is 0 Å². The summed E-state index contributed by atoms with van der Waals surface area (Å²) in [5.41, 5.74) is -1.04. The van der Waals surface area contributed by atoms with Crippen molar-refractivity contribution < 1.29 is 19.1 Å². The molecule has 1 aliphatic heterocycles. The quantitative estimate of drug-likeness (QED) is 0.806. The van der Waals surface area contributed by atoms with Gasteiger partial charge in [-0.1, -0.05) is 0 Å². The molecule has 0 bridgehead atoms. The highest BCUT2D eigenvalue weighted by Crippen LogP contribution is 2.16. The molecule has 0 aromatic rings. The summed E-state index contributed by atoms with van der Waals surface area (Å²) in [6.07, 6.45) is 1.93. The predicted molar refractivity (Wildman–Crippen MR) is 84.8 cm³/mol. The van der Waals surface area contributed by atoms with Crippen molar-refractivity contribution in [1.29, 1.82) is 0 Å². The fourth-order valence-corrected chi connectivity index (χ4v) is 2.23. The number of carbonyl (C=O) groups excluding carboxylic acids is 2. The Morgan fingerprint density at radius 3 is 2.14 bits per heavy atom. The van der Waals surface area contributed by atoms with Gasteiger partial charge >= 0.3 is 12.2 Å². The molecule has 1 fully saturated rings. The molecular weight excluding hydrogens is 284 g/mol. The van der Waals surface area contributed by atoms with Crippen LogP contribution in [0, 0.1) is 0 Å². The molecule has 6 heteroatoms. The molecule has 0 aromatic carbocycles. The molecule has 0 radical (unpaired) electrons. The van der Waals surface area contributed by atoms with Crippen LogP contribution >= 0.6 is 0 Å². The summed E-state index contributed by atoms with van der Waals surface area (Å²) in [5, 5.41) is 2.85. The number of nitrogens with zero attached hydrogens (tertiary/aromatic N) is 1. The van der Waals surface area contributed by atoms with Gasteiger partial charge in [0.05, 0.1) is 0 Å². The number of hydrogen-bond donors (Lipinski definition) is 1. The van der Waals surface area contributed by atoms with Crippen molar-refractivity contribution in [2.24, 2.45) is 0 Å². The number of rotatable bonds is 1. The first-order valence-electron chi connectivity index (χ1n) is 7.94. The molecule has 0 aliphatic carbocycles. The lowest BCUT2D eigenvalue weighted by Crippen LogP contribution is -2.47. The topological polar surface area (TPSA) is 67.9 Å². The number of hydrogen-bond acceptors (Lipinski definition) is 4. The summed E-state index contributed by atoms with van der Waals surface area (Å²) in [7, 11) is 0. The molecule has 2 amide bonds. The van der Waals surface area contributed by atoms with E-state index < -0.39 is 17.3 Å². The second-order valence-electron chi connectivity index (χ2n) is 7.77. The molecule has 0 saturated carbocycles. The minimum absolute atomic E-state index is 0.107. The molecule has 1 aliphatic rings. The Labute approximate surface area is 133 Å². The molecule has 1 N–H and O–H groups in total. The Kier molecular flexibility index (Phi) is 6.08. The Balaban J connectivity index is 2.58. The van der Waals surface area contributed by atoms with Gasteiger partial charge in [-0.3, -0.25) is 0 Å². The third-order valence-corrected chi connectivity index (χ3v) is 3.04. The molecule has 0 unspecified atom stereocenters. The minimum Gasteiger partial charge on any atom is -0.444 e. The van der Waals surface area contributed by atoms with Crippen LogP contribution in [-0.2, 0) is 9.47 Å². The zero-order valence-corrected chi connectivity index (χ0v) is 14.7. The fourth-order valence-electron chi connectivity index (χ4n) is 2.23. The van der Waals surface area contributed by atoms with E-state index in [4.69, 9.17) is 9.47 Å². The van der Waals surface area contributed by atoms with Crippen molar-refractivity contribution in [2.75, 3.05) is 13.1 Å². The minimum atomic E-state index is -0.528. The smallest absolute Gasteiger partial charge is 0.410 e. The number of alkyl carbamates (subject to hydrolysis) is 1. The largest absolute Gasteiger partial charge is 0.444 e. The fraction of sp³-hybridized carbons (Fsp3) is 0.875. The average molecular weight is 314 g/mol. The molecule has 1 rings (SSSR count). The summed E-state index contributed by atoms with van der Waals surface area (Å²) in [6.45, 7) is 12.1. The molecule has 0 aromatic heterocycles. The van der Waals surface area contributed by atoms with Crippen molar-refractivity contribution in [3.05, 3.63) is 0 Å². The van der Waals surface area contributed by atoms with Crippen LogP contribution < -0.4 is 5.32 Å². The molecule has 22 heavy (non-hydrogen) atoms. The highest BCUT2D eigenvalue weighted by molar-refractivity contribution is 5.69. The number of amides is 2. The van der Waals surface area contributed by atoms with E-state index in [2.05, 4.69) is 5.32 Å². The van der Waals surface area contributed by atoms with Gasteiger partial charge in [-0.2, -0.15) is 0 Å². The molecule has 1 saturated heterocycles. The Hall–Kier alpha value is -1.46. The van der Waals surface area contributed by atoms with E-state index in [-0.39, 0.29) is 12.1 Å².